The van der Waals surface area contributed by atoms with Gasteiger partial charge in [-0.25, -0.2) is 0 Å². The van der Waals surface area contributed by atoms with Gasteiger partial charge in [-0.05, 0) is 24.3 Å². The molecule has 0 radical (unpaired) electrons. The fourth-order valence-electron chi connectivity index (χ4n) is 3.11. The Bertz CT molecular complexity index is 813. The molecule has 2 aliphatic heterocycles. The SMILES string of the molecule is O=C1/C(=C\c2ccco2)SC(=S)N1CN1CCN(c2ccccc2)CC1. The summed E-state index contributed by atoms with van der Waals surface area (Å²) in [4.78, 5) is 19.6. The van der Waals surface area contributed by atoms with Crippen LogP contribution in [0.2, 0.25) is 0 Å². The molecule has 2 saturated heterocycles. The molecule has 2 aromatic rings. The van der Waals surface area contributed by atoms with Gasteiger partial charge >= 0.3 is 0 Å². The van der Waals surface area contributed by atoms with E-state index in [1.807, 2.05) is 12.1 Å². The first-order valence-electron chi connectivity index (χ1n) is 8.52. The summed E-state index contributed by atoms with van der Waals surface area (Å²) in [5.74, 6) is 0.629. The topological polar surface area (TPSA) is 39.9 Å². The zero-order valence-corrected chi connectivity index (χ0v) is 15.8. The third-order valence-corrected chi connectivity index (χ3v) is 5.90. The number of rotatable bonds is 4. The molecule has 4 rings (SSSR count). The number of benzene rings is 1. The predicted octanol–water partition coefficient (Wildman–Crippen LogP) is 3.26. The number of nitrogens with zero attached hydrogens (tertiary/aromatic N) is 3. The summed E-state index contributed by atoms with van der Waals surface area (Å²) in [6.07, 6.45) is 3.35. The number of furan rings is 1. The number of carbonyl (C=O) groups is 1. The van der Waals surface area contributed by atoms with E-state index in [1.165, 1.54) is 17.4 Å². The first-order chi connectivity index (χ1) is 12.7. The Labute approximate surface area is 162 Å². The largest absolute Gasteiger partial charge is 0.465 e. The van der Waals surface area contributed by atoms with E-state index in [0.717, 1.165) is 26.2 Å². The van der Waals surface area contributed by atoms with Gasteiger partial charge in [0, 0.05) is 37.9 Å². The van der Waals surface area contributed by atoms with Crippen molar-refractivity contribution in [1.82, 2.24) is 9.80 Å². The molecule has 1 aromatic carbocycles. The zero-order valence-electron chi connectivity index (χ0n) is 14.2. The van der Waals surface area contributed by atoms with Crippen LogP contribution in [0.3, 0.4) is 0 Å². The van der Waals surface area contributed by atoms with E-state index in [2.05, 4.69) is 34.1 Å². The van der Waals surface area contributed by atoms with Gasteiger partial charge in [0.15, 0.2) is 0 Å². The standard InChI is InChI=1S/C19H19N3O2S2/c23-18-17(13-16-7-4-12-24-16)26-19(25)22(18)14-20-8-10-21(11-9-20)15-5-2-1-3-6-15/h1-7,12-13H,8-11,14H2/b17-13+. The summed E-state index contributed by atoms with van der Waals surface area (Å²) in [6, 6.07) is 14.1. The lowest BCUT2D eigenvalue weighted by molar-refractivity contribution is -0.123. The molecule has 3 heterocycles. The molecule has 0 atom stereocenters. The first kappa shape index (κ1) is 17.3. The maximum absolute atomic E-state index is 12.7. The van der Waals surface area contributed by atoms with Crippen LogP contribution in [-0.4, -0.2) is 52.9 Å². The number of para-hydroxylation sites is 1. The molecule has 26 heavy (non-hydrogen) atoms. The lowest BCUT2D eigenvalue weighted by atomic mass is 10.2. The third kappa shape index (κ3) is 3.70. The van der Waals surface area contributed by atoms with Crippen molar-refractivity contribution in [2.24, 2.45) is 0 Å². The van der Waals surface area contributed by atoms with Crippen molar-refractivity contribution < 1.29 is 9.21 Å². The number of hydrogen-bond acceptors (Lipinski definition) is 6. The van der Waals surface area contributed by atoms with Gasteiger partial charge in [0.05, 0.1) is 17.8 Å². The maximum atomic E-state index is 12.7. The van der Waals surface area contributed by atoms with Gasteiger partial charge in [-0.1, -0.05) is 42.2 Å². The van der Waals surface area contributed by atoms with Crippen LogP contribution in [0, 0.1) is 0 Å². The molecule has 1 amide bonds. The lowest BCUT2D eigenvalue weighted by Crippen LogP contribution is -2.50. The highest BCUT2D eigenvalue weighted by Crippen LogP contribution is 2.32. The van der Waals surface area contributed by atoms with Crippen LogP contribution in [0.4, 0.5) is 5.69 Å². The highest BCUT2D eigenvalue weighted by atomic mass is 32.2. The number of carbonyl (C=O) groups excluding carboxylic acids is 1. The number of piperazine rings is 1. The Kier molecular flexibility index (Phi) is 5.10. The highest BCUT2D eigenvalue weighted by Gasteiger charge is 2.34. The number of anilines is 1. The predicted molar refractivity (Wildman–Crippen MR) is 109 cm³/mol. The molecule has 0 spiro atoms. The fraction of sp³-hybridized carbons (Fsp3) is 0.263. The second-order valence-electron chi connectivity index (χ2n) is 6.21. The van der Waals surface area contributed by atoms with Crippen molar-refractivity contribution in [3.8, 4) is 0 Å². The molecule has 0 saturated carbocycles. The second kappa shape index (κ2) is 7.65. The molecule has 0 N–H and O–H groups in total. The molecule has 5 nitrogen and oxygen atoms in total. The fourth-order valence-corrected chi connectivity index (χ4v) is 4.33. The molecule has 7 heteroatoms. The van der Waals surface area contributed by atoms with Crippen LogP contribution in [-0.2, 0) is 4.79 Å². The number of hydrogen-bond donors (Lipinski definition) is 0. The maximum Gasteiger partial charge on any atom is 0.267 e. The summed E-state index contributed by atoms with van der Waals surface area (Å²) in [6.45, 7) is 4.25. The van der Waals surface area contributed by atoms with Crippen LogP contribution in [0.15, 0.2) is 58.1 Å². The van der Waals surface area contributed by atoms with Gasteiger partial charge < -0.3 is 9.32 Å². The van der Waals surface area contributed by atoms with Crippen LogP contribution >= 0.6 is 24.0 Å². The molecular weight excluding hydrogens is 366 g/mol. The molecular formula is C19H19N3O2S2. The molecule has 2 fully saturated rings. The average Bonchev–Trinajstić information content (AvgIpc) is 3.27. The molecule has 134 valence electrons. The van der Waals surface area contributed by atoms with Crippen LogP contribution in [0.1, 0.15) is 5.76 Å². The first-order valence-corrected chi connectivity index (χ1v) is 9.74. The minimum absolute atomic E-state index is 0.0399. The van der Waals surface area contributed by atoms with Crippen LogP contribution in [0.5, 0.6) is 0 Å². The average molecular weight is 386 g/mol. The number of thioether (sulfide) groups is 1. The highest BCUT2D eigenvalue weighted by molar-refractivity contribution is 8.26. The van der Waals surface area contributed by atoms with Gasteiger partial charge in [0.1, 0.15) is 10.1 Å². The Hall–Kier alpha value is -2.09. The van der Waals surface area contributed by atoms with Crippen molar-refractivity contribution in [2.75, 3.05) is 37.7 Å². The molecule has 0 unspecified atom stereocenters. The van der Waals surface area contributed by atoms with Crippen LogP contribution in [0.25, 0.3) is 6.08 Å². The van der Waals surface area contributed by atoms with E-state index in [9.17, 15) is 4.79 Å². The van der Waals surface area contributed by atoms with E-state index in [1.54, 1.807) is 23.3 Å². The molecule has 1 aromatic heterocycles. The van der Waals surface area contributed by atoms with E-state index in [0.29, 0.717) is 21.7 Å². The summed E-state index contributed by atoms with van der Waals surface area (Å²) in [5.41, 5.74) is 1.25. The van der Waals surface area contributed by atoms with Crippen LogP contribution < -0.4 is 4.90 Å². The Morgan fingerprint density at radius 2 is 1.85 bits per heavy atom. The quantitative estimate of drug-likeness (QED) is 0.594. The van der Waals surface area contributed by atoms with Crippen molar-refractivity contribution in [1.29, 1.82) is 0 Å². The number of thiocarbonyl (C=S) groups is 1. The smallest absolute Gasteiger partial charge is 0.267 e. The minimum atomic E-state index is -0.0399. The lowest BCUT2D eigenvalue weighted by Gasteiger charge is -2.37. The Morgan fingerprint density at radius 1 is 1.08 bits per heavy atom. The van der Waals surface area contributed by atoms with E-state index < -0.39 is 0 Å². The van der Waals surface area contributed by atoms with Gasteiger partial charge in [-0.2, -0.15) is 0 Å². The molecule has 2 aliphatic rings. The third-order valence-electron chi connectivity index (χ3n) is 4.53. The van der Waals surface area contributed by atoms with Crippen molar-refractivity contribution in [3.05, 3.63) is 59.4 Å². The summed E-state index contributed by atoms with van der Waals surface area (Å²) >= 11 is 6.76. The summed E-state index contributed by atoms with van der Waals surface area (Å²) in [7, 11) is 0. The Balaban J connectivity index is 1.36. The van der Waals surface area contributed by atoms with Gasteiger partial charge in [0.2, 0.25) is 0 Å². The van der Waals surface area contributed by atoms with Gasteiger partial charge in [-0.15, -0.1) is 0 Å². The Morgan fingerprint density at radius 3 is 2.54 bits per heavy atom. The van der Waals surface area contributed by atoms with Gasteiger partial charge in [0.25, 0.3) is 5.91 Å². The van der Waals surface area contributed by atoms with Crippen molar-refractivity contribution in [2.45, 2.75) is 0 Å². The van der Waals surface area contributed by atoms with Crippen molar-refractivity contribution >= 4 is 46.0 Å². The zero-order chi connectivity index (χ0) is 17.9. The summed E-state index contributed by atoms with van der Waals surface area (Å²) < 4.78 is 5.91. The second-order valence-corrected chi connectivity index (χ2v) is 7.88. The van der Waals surface area contributed by atoms with E-state index in [4.69, 9.17) is 16.6 Å². The molecule has 0 bridgehead atoms. The molecule has 0 aliphatic carbocycles. The normalized spacial score (nSPS) is 20.4. The summed E-state index contributed by atoms with van der Waals surface area (Å²) in [5, 5.41) is 0. The monoisotopic (exact) mass is 385 g/mol. The van der Waals surface area contributed by atoms with E-state index in [-0.39, 0.29) is 5.91 Å². The number of amides is 1. The van der Waals surface area contributed by atoms with Gasteiger partial charge in [-0.3, -0.25) is 14.6 Å². The van der Waals surface area contributed by atoms with Crippen molar-refractivity contribution in [3.63, 3.8) is 0 Å². The van der Waals surface area contributed by atoms with E-state index >= 15 is 0 Å². The minimum Gasteiger partial charge on any atom is -0.465 e.